The number of alkyl carbamates (subject to hydrolysis) is 1. The van der Waals surface area contributed by atoms with Gasteiger partial charge in [0, 0.05) is 6.54 Å². The van der Waals surface area contributed by atoms with Gasteiger partial charge in [-0.05, 0) is 70.3 Å². The van der Waals surface area contributed by atoms with Gasteiger partial charge in [-0.2, -0.15) is 0 Å². The smallest absolute Gasteiger partial charge is 0.444 e. The largest absolute Gasteiger partial charge is 0.492 e. The van der Waals surface area contributed by atoms with Crippen molar-refractivity contribution in [3.8, 4) is 0 Å². The molecule has 0 atom stereocenters. The Morgan fingerprint density at radius 1 is 1.03 bits per heavy atom. The molecule has 1 N–H and O–H groups in total. The highest BCUT2D eigenvalue weighted by Crippen LogP contribution is 2.39. The molecule has 0 spiro atoms. The summed E-state index contributed by atoms with van der Waals surface area (Å²) >= 11 is 0. The number of nitrogens with one attached hydrogen (secondary N) is 1. The molecule has 1 amide bonds. The lowest BCUT2D eigenvalue weighted by Crippen LogP contribution is -2.41. The van der Waals surface area contributed by atoms with Gasteiger partial charge in [-0.25, -0.2) is 4.79 Å². The zero-order valence-corrected chi connectivity index (χ0v) is 19.0. The lowest BCUT2D eigenvalue weighted by atomic mass is 9.76. The van der Waals surface area contributed by atoms with Crippen LogP contribution < -0.4 is 5.32 Å². The Morgan fingerprint density at radius 3 is 2.27 bits per heavy atom. The van der Waals surface area contributed by atoms with Crippen molar-refractivity contribution >= 4 is 30.1 Å². The summed E-state index contributed by atoms with van der Waals surface area (Å²) in [5.74, 6) is 0. The van der Waals surface area contributed by atoms with Crippen LogP contribution in [0.4, 0.5) is 4.79 Å². The molecule has 6 heteroatoms. The van der Waals surface area contributed by atoms with Gasteiger partial charge in [-0.15, -0.1) is 0 Å². The zero-order chi connectivity index (χ0) is 22.2. The summed E-state index contributed by atoms with van der Waals surface area (Å²) in [4.78, 5) is 12.3. The molecule has 0 aliphatic carbocycles. The molecule has 1 aliphatic heterocycles. The predicted octanol–water partition coefficient (Wildman–Crippen LogP) is 5.38. The van der Waals surface area contributed by atoms with Crippen molar-refractivity contribution in [2.45, 2.75) is 65.3 Å². The predicted molar refractivity (Wildman–Crippen MR) is 122 cm³/mol. The van der Waals surface area contributed by atoms with Gasteiger partial charge >= 0.3 is 13.2 Å². The summed E-state index contributed by atoms with van der Waals surface area (Å²) in [5.41, 5.74) is 0.372. The van der Waals surface area contributed by atoms with Crippen LogP contribution in [0.1, 0.15) is 54.0 Å². The van der Waals surface area contributed by atoms with Crippen LogP contribution in [0.5, 0.6) is 0 Å². The quantitative estimate of drug-likeness (QED) is 0.689. The van der Waals surface area contributed by atoms with E-state index in [0.29, 0.717) is 0 Å². The van der Waals surface area contributed by atoms with Crippen LogP contribution >= 0.6 is 0 Å². The normalized spacial score (nSPS) is 18.5. The number of rotatable bonds is 4. The molecule has 0 unspecified atom stereocenters. The second-order valence-electron chi connectivity index (χ2n) is 9.73. The molecule has 1 saturated heterocycles. The minimum absolute atomic E-state index is 0.259. The lowest BCUT2D eigenvalue weighted by Gasteiger charge is -2.32. The van der Waals surface area contributed by atoms with E-state index in [-0.39, 0.29) is 6.54 Å². The summed E-state index contributed by atoms with van der Waals surface area (Å²) in [6.07, 6.45) is 1.57. The van der Waals surface area contributed by atoms with Gasteiger partial charge in [-0.3, -0.25) is 0 Å². The van der Waals surface area contributed by atoms with Crippen LogP contribution in [0.25, 0.3) is 16.8 Å². The summed E-state index contributed by atoms with van der Waals surface area (Å²) in [7, 11) is -0.566. The Balaban J connectivity index is 1.93. The number of fused-ring (bicyclic) bond motifs is 1. The molecule has 2 aromatic rings. The van der Waals surface area contributed by atoms with E-state index in [2.05, 4.69) is 29.6 Å². The minimum atomic E-state index is -0.566. The Labute approximate surface area is 179 Å². The second-order valence-corrected chi connectivity index (χ2v) is 9.73. The van der Waals surface area contributed by atoms with E-state index < -0.39 is 30.0 Å². The summed E-state index contributed by atoms with van der Waals surface area (Å²) in [5, 5.41) is 5.13. The Bertz CT molecular complexity index is 938. The third kappa shape index (κ3) is 5.05. The van der Waals surface area contributed by atoms with Gasteiger partial charge in [0.25, 0.3) is 0 Å². The topological polar surface area (TPSA) is 56.8 Å². The molecule has 5 nitrogen and oxygen atoms in total. The third-order valence-electron chi connectivity index (χ3n) is 5.56. The molecule has 30 heavy (non-hydrogen) atoms. The molecule has 3 rings (SSSR count). The summed E-state index contributed by atoms with van der Waals surface area (Å²) in [6, 6.07) is 14.4. The molecular weight excluding hydrogens is 377 g/mol. The Kier molecular flexibility index (Phi) is 6.03. The average Bonchev–Trinajstić information content (AvgIpc) is 2.84. The van der Waals surface area contributed by atoms with E-state index >= 15 is 0 Å². The van der Waals surface area contributed by atoms with Crippen LogP contribution in [0.2, 0.25) is 0 Å². The first-order valence-corrected chi connectivity index (χ1v) is 10.4. The van der Waals surface area contributed by atoms with Crippen molar-refractivity contribution < 1.29 is 18.8 Å². The molecule has 0 radical (unpaired) electrons. The number of amides is 1. The van der Waals surface area contributed by atoms with Gasteiger partial charge in [0.05, 0.1) is 11.2 Å². The Morgan fingerprint density at radius 2 is 1.63 bits per heavy atom. The van der Waals surface area contributed by atoms with E-state index in [9.17, 15) is 4.79 Å². The fourth-order valence-electron chi connectivity index (χ4n) is 3.26. The molecule has 0 bridgehead atoms. The summed E-state index contributed by atoms with van der Waals surface area (Å²) in [6.45, 7) is 13.9. The van der Waals surface area contributed by atoms with E-state index in [1.165, 1.54) is 0 Å². The number of hydrogen-bond acceptors (Lipinski definition) is 4. The highest BCUT2D eigenvalue weighted by molar-refractivity contribution is 6.56. The first-order valence-electron chi connectivity index (χ1n) is 10.4. The fraction of sp³-hybridized carbons (Fsp3) is 0.458. The van der Waals surface area contributed by atoms with Crippen LogP contribution in [0, 0.1) is 0 Å². The highest BCUT2D eigenvalue weighted by atomic mass is 16.7. The van der Waals surface area contributed by atoms with E-state index in [0.717, 1.165) is 21.8 Å². The first kappa shape index (κ1) is 22.4. The van der Waals surface area contributed by atoms with Gasteiger partial charge in [0.1, 0.15) is 5.60 Å². The number of ether oxygens (including phenoxy) is 1. The second kappa shape index (κ2) is 8.08. The molecular formula is C24H32BNO4. The minimum Gasteiger partial charge on any atom is -0.444 e. The molecule has 1 aliphatic rings. The van der Waals surface area contributed by atoms with Crippen molar-refractivity contribution in [1.82, 2.24) is 5.32 Å². The maximum atomic E-state index is 12.3. The SMILES string of the molecule is CC(C)(C)OC(=O)NCC(=Cc1cccc2ccccc12)B1OC(C)(C)C(C)(C)O1. The number of carbonyl (C=O) groups is 1. The third-order valence-corrected chi connectivity index (χ3v) is 5.56. The van der Waals surface area contributed by atoms with Crippen molar-refractivity contribution in [2.24, 2.45) is 0 Å². The van der Waals surface area contributed by atoms with E-state index in [1.54, 1.807) is 0 Å². The van der Waals surface area contributed by atoms with Gasteiger partial charge < -0.3 is 19.4 Å². The monoisotopic (exact) mass is 409 g/mol. The maximum absolute atomic E-state index is 12.3. The van der Waals surface area contributed by atoms with Crippen LogP contribution in [0.3, 0.4) is 0 Å². The van der Waals surface area contributed by atoms with Gasteiger partial charge in [-0.1, -0.05) is 48.5 Å². The molecule has 160 valence electrons. The molecule has 0 saturated carbocycles. The van der Waals surface area contributed by atoms with Crippen LogP contribution in [-0.4, -0.2) is 36.6 Å². The zero-order valence-electron chi connectivity index (χ0n) is 19.0. The summed E-state index contributed by atoms with van der Waals surface area (Å²) < 4.78 is 17.9. The van der Waals surface area contributed by atoms with Crippen LogP contribution in [-0.2, 0) is 14.0 Å². The number of carbonyl (C=O) groups excluding carboxylic acids is 1. The van der Waals surface area contributed by atoms with Crippen molar-refractivity contribution in [2.75, 3.05) is 6.54 Å². The standard InChI is InChI=1S/C24H32BNO4/c1-22(2,3)28-21(27)26-16-19(25-29-23(4,5)24(6,7)30-25)15-18-13-10-12-17-11-8-9-14-20(17)18/h8-15H,16H2,1-7H3,(H,26,27). The van der Waals surface area contributed by atoms with Crippen LogP contribution in [0.15, 0.2) is 47.9 Å². The van der Waals surface area contributed by atoms with E-state index in [1.807, 2.05) is 72.7 Å². The molecule has 0 aromatic heterocycles. The highest BCUT2D eigenvalue weighted by Gasteiger charge is 2.52. The van der Waals surface area contributed by atoms with Crippen molar-refractivity contribution in [3.05, 3.63) is 53.5 Å². The number of hydrogen-bond donors (Lipinski definition) is 1. The molecule has 2 aromatic carbocycles. The molecule has 1 fully saturated rings. The maximum Gasteiger partial charge on any atom is 0.492 e. The van der Waals surface area contributed by atoms with Crippen molar-refractivity contribution in [3.63, 3.8) is 0 Å². The lowest BCUT2D eigenvalue weighted by molar-refractivity contribution is 0.00578. The molecule has 1 heterocycles. The van der Waals surface area contributed by atoms with E-state index in [4.69, 9.17) is 14.0 Å². The van der Waals surface area contributed by atoms with Crippen molar-refractivity contribution in [1.29, 1.82) is 0 Å². The van der Waals surface area contributed by atoms with Gasteiger partial charge in [0.2, 0.25) is 0 Å². The number of benzene rings is 2. The Hall–Kier alpha value is -2.31. The van der Waals surface area contributed by atoms with Gasteiger partial charge in [0.15, 0.2) is 0 Å². The fourth-order valence-corrected chi connectivity index (χ4v) is 3.26. The average molecular weight is 409 g/mol. The first-order chi connectivity index (χ1) is 13.9.